The molecular formula is C25H26BrN5O11. The zero-order valence-corrected chi connectivity index (χ0v) is 23.2. The highest BCUT2D eigenvalue weighted by Gasteiger charge is 2.75. The number of hydrogen-bond donors (Lipinski definition) is 10. The molecule has 2 aliphatic heterocycles. The molecule has 42 heavy (non-hydrogen) atoms. The highest BCUT2D eigenvalue weighted by atomic mass is 79.9. The zero-order chi connectivity index (χ0) is 30.5. The van der Waals surface area contributed by atoms with E-state index in [0.29, 0.717) is 4.47 Å². The largest absolute Gasteiger partial charge is 0.456 e. The molecule has 1 aromatic heterocycles. The van der Waals surface area contributed by atoms with Gasteiger partial charge in [-0.15, -0.1) is 0 Å². The fraction of sp³-hybridized carbons (Fsp3) is 0.480. The monoisotopic (exact) mass is 651 g/mol. The van der Waals surface area contributed by atoms with E-state index >= 15 is 0 Å². The molecule has 2 unspecified atom stereocenters. The first-order chi connectivity index (χ1) is 19.7. The predicted molar refractivity (Wildman–Crippen MR) is 145 cm³/mol. The molecule has 1 spiro atoms. The fourth-order valence-electron chi connectivity index (χ4n) is 6.76. The number of esters is 1. The Bertz CT molecular complexity index is 1640. The van der Waals surface area contributed by atoms with Gasteiger partial charge in [-0.1, -0.05) is 22.0 Å². The Morgan fingerprint density at radius 1 is 1.02 bits per heavy atom. The number of carbonyl (C=O) groups is 2. The van der Waals surface area contributed by atoms with E-state index in [1.807, 2.05) is 4.98 Å². The number of rotatable bonds is 2. The Hall–Kier alpha value is -3.45. The van der Waals surface area contributed by atoms with Gasteiger partial charge in [0.25, 0.3) is 5.56 Å². The molecule has 10 N–H and O–H groups in total. The average Bonchev–Trinajstić information content (AvgIpc) is 3.20. The second-order valence-electron chi connectivity index (χ2n) is 11.0. The summed E-state index contributed by atoms with van der Waals surface area (Å²) in [5.74, 6) is -4.95. The minimum atomic E-state index is -2.27. The third-order valence-electron chi connectivity index (χ3n) is 8.73. The molecular weight excluding hydrogens is 626 g/mol. The van der Waals surface area contributed by atoms with Gasteiger partial charge in [0.05, 0.1) is 11.6 Å². The molecule has 4 aliphatic rings. The number of hydrogen-bond acceptors (Lipinski definition) is 13. The van der Waals surface area contributed by atoms with Gasteiger partial charge in [0.15, 0.2) is 11.8 Å². The molecule has 10 atom stereocenters. The van der Waals surface area contributed by atoms with E-state index in [1.54, 1.807) is 12.1 Å². The molecule has 224 valence electrons. The van der Waals surface area contributed by atoms with Crippen LogP contribution < -0.4 is 21.9 Å². The summed E-state index contributed by atoms with van der Waals surface area (Å²) >= 11 is 3.32. The van der Waals surface area contributed by atoms with E-state index in [0.717, 1.165) is 0 Å². The topological polar surface area (TPSA) is 267 Å². The van der Waals surface area contributed by atoms with Crippen molar-refractivity contribution in [2.75, 3.05) is 17.2 Å². The fourth-order valence-corrected chi connectivity index (χ4v) is 7.12. The number of ether oxygens (including phenoxy) is 1. The Morgan fingerprint density at radius 2 is 1.67 bits per heavy atom. The molecule has 16 nitrogen and oxygen atoms in total. The summed E-state index contributed by atoms with van der Waals surface area (Å²) in [6.45, 7) is 1.00. The number of aliphatic hydroxyl groups is 6. The maximum absolute atomic E-state index is 14.2. The molecule has 17 heteroatoms. The summed E-state index contributed by atoms with van der Waals surface area (Å²) in [6, 6.07) is 4.65. The lowest BCUT2D eigenvalue weighted by Crippen LogP contribution is -2.65. The lowest BCUT2D eigenvalue weighted by Gasteiger charge is -2.42. The van der Waals surface area contributed by atoms with Crippen molar-refractivity contribution in [1.82, 2.24) is 9.97 Å². The van der Waals surface area contributed by atoms with Crippen molar-refractivity contribution in [2.24, 2.45) is 16.8 Å². The van der Waals surface area contributed by atoms with Crippen molar-refractivity contribution >= 4 is 50.7 Å². The van der Waals surface area contributed by atoms with E-state index < -0.39 is 82.6 Å². The smallest absolute Gasteiger partial charge is 0.327 e. The third kappa shape index (κ3) is 3.71. The average molecular weight is 652 g/mol. The lowest BCUT2D eigenvalue weighted by atomic mass is 9.65. The Kier molecular flexibility index (Phi) is 6.50. The first kappa shape index (κ1) is 28.7. The van der Waals surface area contributed by atoms with Crippen LogP contribution in [0.25, 0.3) is 0 Å². The summed E-state index contributed by atoms with van der Waals surface area (Å²) in [5.41, 5.74) is -6.17. The minimum Gasteiger partial charge on any atom is -0.456 e. The maximum Gasteiger partial charge on any atom is 0.327 e. The number of amides is 1. The molecule has 1 aromatic carbocycles. The van der Waals surface area contributed by atoms with Gasteiger partial charge >= 0.3 is 11.7 Å². The van der Waals surface area contributed by atoms with Gasteiger partial charge in [-0.3, -0.25) is 24.4 Å². The van der Waals surface area contributed by atoms with Crippen LogP contribution in [0.1, 0.15) is 12.5 Å². The number of fused-ring (bicyclic) bond motifs is 4. The van der Waals surface area contributed by atoms with Gasteiger partial charge in [0, 0.05) is 22.6 Å². The molecule has 0 saturated heterocycles. The van der Waals surface area contributed by atoms with Crippen molar-refractivity contribution < 1.29 is 45.0 Å². The number of anilines is 2. The standard InChI is InChI=1S/C25H26BrN5O11/c1-24(41)18-7(5-27-19-11(29-18)20(37)31-23(40)30-19)10(25(24)8-3-2-6(26)4-9(8)28-22(25)39)21(38)42-17-15(35)13(33)12(32)14(34)16(17)36/h2-4,7,10,12-17,32-36,41H,5H2,1H3,(H,28,39)(H3,27,30,31,37,40)/t7-,10-,12?,13-,14-,15-,16+,17?,24+,25+/m0/s1. The van der Waals surface area contributed by atoms with Crippen LogP contribution in [0.15, 0.2) is 37.3 Å². The van der Waals surface area contributed by atoms with Crippen LogP contribution in [0.5, 0.6) is 0 Å². The van der Waals surface area contributed by atoms with Gasteiger partial charge in [-0.05, 0) is 24.6 Å². The number of aliphatic hydroxyl groups excluding tert-OH is 5. The van der Waals surface area contributed by atoms with Crippen LogP contribution in [0.4, 0.5) is 17.2 Å². The number of nitrogens with one attached hydrogen (secondary N) is 4. The lowest BCUT2D eigenvalue weighted by molar-refractivity contribution is -0.236. The van der Waals surface area contributed by atoms with Gasteiger partial charge < -0.3 is 46.0 Å². The van der Waals surface area contributed by atoms with Crippen molar-refractivity contribution in [1.29, 1.82) is 0 Å². The van der Waals surface area contributed by atoms with E-state index in [9.17, 15) is 49.8 Å². The molecule has 0 bridgehead atoms. The SMILES string of the molecule is C[C@@]1(O)C2=Nc3c([nH]c(=O)[nH]c3=O)NC[C@H]2[C@@H](C(=O)OC2[C@@H](O)[C@@H](O)C(O)[C@H](O)[C@H]2O)[C@]12C(=O)Nc1cc(Br)ccc12. The van der Waals surface area contributed by atoms with E-state index in [2.05, 4.69) is 36.5 Å². The summed E-state index contributed by atoms with van der Waals surface area (Å²) < 4.78 is 6.06. The van der Waals surface area contributed by atoms with Crippen molar-refractivity contribution in [3.8, 4) is 0 Å². The van der Waals surface area contributed by atoms with Crippen LogP contribution in [0.2, 0.25) is 0 Å². The Labute approximate surface area is 243 Å². The van der Waals surface area contributed by atoms with E-state index in [1.165, 1.54) is 13.0 Å². The predicted octanol–water partition coefficient (Wildman–Crippen LogP) is -3.06. The quantitative estimate of drug-likeness (QED) is 0.145. The maximum atomic E-state index is 14.2. The first-order valence-electron chi connectivity index (χ1n) is 12.9. The highest BCUT2D eigenvalue weighted by Crippen LogP contribution is 2.60. The number of carbonyl (C=O) groups excluding carboxylic acids is 2. The van der Waals surface area contributed by atoms with Gasteiger partial charge in [-0.2, -0.15) is 0 Å². The Balaban J connectivity index is 1.54. The molecule has 1 amide bonds. The van der Waals surface area contributed by atoms with E-state index in [4.69, 9.17) is 4.74 Å². The molecule has 2 aromatic rings. The zero-order valence-electron chi connectivity index (χ0n) is 21.6. The highest BCUT2D eigenvalue weighted by molar-refractivity contribution is 9.10. The van der Waals surface area contributed by atoms with Crippen LogP contribution in [-0.4, -0.2) is 107 Å². The van der Waals surface area contributed by atoms with E-state index in [-0.39, 0.29) is 35.0 Å². The summed E-state index contributed by atoms with van der Waals surface area (Å²) in [4.78, 5) is 61.5. The summed E-state index contributed by atoms with van der Waals surface area (Å²) in [5, 5.41) is 69.1. The van der Waals surface area contributed by atoms with Gasteiger partial charge in [0.1, 0.15) is 47.4 Å². The van der Waals surface area contributed by atoms with Crippen LogP contribution >= 0.6 is 15.9 Å². The summed E-state index contributed by atoms with van der Waals surface area (Å²) in [7, 11) is 0. The number of aliphatic imine (C=N–C) groups is 1. The number of aromatic nitrogens is 2. The second kappa shape index (κ2) is 9.53. The number of aromatic amines is 2. The third-order valence-corrected chi connectivity index (χ3v) is 9.22. The number of H-pyrrole nitrogens is 2. The molecule has 6 rings (SSSR count). The first-order valence-corrected chi connectivity index (χ1v) is 13.6. The normalized spacial score (nSPS) is 38.5. The minimum absolute atomic E-state index is 0.0961. The molecule has 2 fully saturated rings. The van der Waals surface area contributed by atoms with Crippen LogP contribution in [-0.2, 0) is 19.7 Å². The molecule has 0 radical (unpaired) electrons. The van der Waals surface area contributed by atoms with Crippen LogP contribution in [0.3, 0.4) is 0 Å². The van der Waals surface area contributed by atoms with Crippen molar-refractivity contribution in [3.05, 3.63) is 49.1 Å². The van der Waals surface area contributed by atoms with Crippen molar-refractivity contribution in [2.45, 2.75) is 54.6 Å². The molecule has 2 saturated carbocycles. The number of halogens is 1. The molecule has 2 aliphatic carbocycles. The molecule has 3 heterocycles. The summed E-state index contributed by atoms with van der Waals surface area (Å²) in [6.07, 6.45) is -12.0. The van der Waals surface area contributed by atoms with Crippen molar-refractivity contribution in [3.63, 3.8) is 0 Å². The number of nitrogens with zero attached hydrogens (tertiary/aromatic N) is 1. The Morgan fingerprint density at radius 3 is 2.33 bits per heavy atom. The second-order valence-corrected chi connectivity index (χ2v) is 11.9. The van der Waals surface area contributed by atoms with Gasteiger partial charge in [-0.25, -0.2) is 9.79 Å². The number of benzene rings is 1. The van der Waals surface area contributed by atoms with Gasteiger partial charge in [0.2, 0.25) is 5.91 Å². The van der Waals surface area contributed by atoms with Crippen LogP contribution in [0, 0.1) is 11.8 Å².